The summed E-state index contributed by atoms with van der Waals surface area (Å²) in [4.78, 5) is 23.3. The maximum atomic E-state index is 12.1. The summed E-state index contributed by atoms with van der Waals surface area (Å²) in [5, 5.41) is 5.51. The number of amides is 2. The average Bonchev–Trinajstić information content (AvgIpc) is 2.50. The van der Waals surface area contributed by atoms with Gasteiger partial charge in [-0.05, 0) is 58.7 Å². The van der Waals surface area contributed by atoms with Crippen LogP contribution in [0, 0.1) is 6.92 Å². The highest BCUT2D eigenvalue weighted by atomic mass is 79.9. The van der Waals surface area contributed by atoms with Crippen LogP contribution >= 0.6 is 31.9 Å². The molecule has 0 atom stereocenters. The molecule has 126 valence electrons. The summed E-state index contributed by atoms with van der Waals surface area (Å²) < 4.78 is 7.18. The number of ether oxygens (including phenoxy) is 1. The van der Waals surface area contributed by atoms with Crippen LogP contribution in [-0.4, -0.2) is 18.4 Å². The smallest absolute Gasteiger partial charge is 0.262 e. The zero-order valence-electron chi connectivity index (χ0n) is 13.2. The Balaban J connectivity index is 2.01. The molecule has 0 aliphatic carbocycles. The highest BCUT2D eigenvalue weighted by molar-refractivity contribution is 9.11. The molecule has 7 heteroatoms. The summed E-state index contributed by atoms with van der Waals surface area (Å²) in [7, 11) is 0. The van der Waals surface area contributed by atoms with Crippen molar-refractivity contribution in [2.75, 3.05) is 17.2 Å². The molecule has 2 aromatic carbocycles. The number of carbonyl (C=O) groups is 2. The fourth-order valence-electron chi connectivity index (χ4n) is 2.02. The van der Waals surface area contributed by atoms with E-state index in [9.17, 15) is 9.59 Å². The number of rotatable bonds is 5. The van der Waals surface area contributed by atoms with Crippen LogP contribution in [0.1, 0.15) is 12.5 Å². The molecule has 5 nitrogen and oxygen atoms in total. The molecule has 0 aliphatic heterocycles. The number of carbonyl (C=O) groups excluding carboxylic acids is 2. The lowest BCUT2D eigenvalue weighted by molar-refractivity contribution is -0.118. The first-order valence-corrected chi connectivity index (χ1v) is 8.70. The third-order valence-electron chi connectivity index (χ3n) is 3.17. The molecule has 0 radical (unpaired) electrons. The summed E-state index contributed by atoms with van der Waals surface area (Å²) >= 11 is 6.74. The molecule has 0 unspecified atom stereocenters. The fraction of sp³-hybridized carbons (Fsp3) is 0.176. The van der Waals surface area contributed by atoms with Gasteiger partial charge in [0.15, 0.2) is 6.61 Å². The highest BCUT2D eigenvalue weighted by Gasteiger charge is 2.10. The molecular formula is C17H16Br2N2O3. The van der Waals surface area contributed by atoms with Gasteiger partial charge in [-0.1, -0.05) is 22.0 Å². The molecule has 0 heterocycles. The number of anilines is 2. The molecule has 0 aliphatic rings. The number of hydrogen-bond acceptors (Lipinski definition) is 3. The molecule has 0 aromatic heterocycles. The third kappa shape index (κ3) is 5.07. The van der Waals surface area contributed by atoms with E-state index in [1.54, 1.807) is 24.3 Å². The number of hydrogen-bond donors (Lipinski definition) is 2. The van der Waals surface area contributed by atoms with Gasteiger partial charge in [0, 0.05) is 22.8 Å². The van der Waals surface area contributed by atoms with E-state index in [1.165, 1.54) is 6.92 Å². The van der Waals surface area contributed by atoms with Crippen molar-refractivity contribution < 1.29 is 14.3 Å². The molecule has 2 amide bonds. The fourth-order valence-corrected chi connectivity index (χ4v) is 3.18. The molecule has 2 N–H and O–H groups in total. The second-order valence-electron chi connectivity index (χ2n) is 5.07. The van der Waals surface area contributed by atoms with Gasteiger partial charge < -0.3 is 15.4 Å². The predicted molar refractivity (Wildman–Crippen MR) is 101 cm³/mol. The molecule has 0 spiro atoms. The van der Waals surface area contributed by atoms with Gasteiger partial charge in [-0.25, -0.2) is 0 Å². The van der Waals surface area contributed by atoms with Crippen LogP contribution < -0.4 is 15.4 Å². The van der Waals surface area contributed by atoms with Gasteiger partial charge in [-0.3, -0.25) is 9.59 Å². The molecule has 0 fully saturated rings. The minimum atomic E-state index is -0.284. The SMILES string of the molecule is CC(=O)Nc1cccc(NC(=O)COc2ccc(Br)cc2Br)c1C. The van der Waals surface area contributed by atoms with Crippen molar-refractivity contribution in [3.8, 4) is 5.75 Å². The first-order chi connectivity index (χ1) is 11.4. The predicted octanol–water partition coefficient (Wildman–Crippen LogP) is 4.50. The van der Waals surface area contributed by atoms with Crippen molar-refractivity contribution in [3.05, 3.63) is 50.9 Å². The topological polar surface area (TPSA) is 67.4 Å². The normalized spacial score (nSPS) is 10.2. The van der Waals surface area contributed by atoms with E-state index in [-0.39, 0.29) is 18.4 Å². The summed E-state index contributed by atoms with van der Waals surface area (Å²) in [5.41, 5.74) is 2.08. The van der Waals surface area contributed by atoms with Gasteiger partial charge in [-0.2, -0.15) is 0 Å². The van der Waals surface area contributed by atoms with E-state index >= 15 is 0 Å². The van der Waals surface area contributed by atoms with Crippen molar-refractivity contribution >= 4 is 55.0 Å². The van der Waals surface area contributed by atoms with Gasteiger partial charge in [0.1, 0.15) is 5.75 Å². The minimum Gasteiger partial charge on any atom is -0.483 e. The Bertz CT molecular complexity index is 778. The van der Waals surface area contributed by atoms with Crippen LogP contribution in [0.4, 0.5) is 11.4 Å². The molecule has 2 aromatic rings. The van der Waals surface area contributed by atoms with E-state index in [1.807, 2.05) is 19.1 Å². The van der Waals surface area contributed by atoms with Crippen LogP contribution in [0.25, 0.3) is 0 Å². The zero-order valence-corrected chi connectivity index (χ0v) is 16.3. The van der Waals surface area contributed by atoms with Gasteiger partial charge in [0.2, 0.25) is 5.91 Å². The Morgan fingerprint density at radius 3 is 2.38 bits per heavy atom. The Labute approximate surface area is 157 Å². The molecule has 0 saturated heterocycles. The van der Waals surface area contributed by atoms with Crippen molar-refractivity contribution in [2.45, 2.75) is 13.8 Å². The summed E-state index contributed by atoms with van der Waals surface area (Å²) in [6.07, 6.45) is 0. The second-order valence-corrected chi connectivity index (χ2v) is 6.84. The minimum absolute atomic E-state index is 0.121. The molecule has 2 rings (SSSR count). The lowest BCUT2D eigenvalue weighted by Gasteiger charge is -2.13. The molecule has 0 saturated carbocycles. The third-order valence-corrected chi connectivity index (χ3v) is 4.28. The van der Waals surface area contributed by atoms with Crippen molar-refractivity contribution in [1.29, 1.82) is 0 Å². The van der Waals surface area contributed by atoms with Gasteiger partial charge >= 0.3 is 0 Å². The monoisotopic (exact) mass is 454 g/mol. The Kier molecular flexibility index (Phi) is 6.39. The quantitative estimate of drug-likeness (QED) is 0.697. The molecule has 0 bridgehead atoms. The van der Waals surface area contributed by atoms with Crippen LogP contribution in [0.5, 0.6) is 5.75 Å². The number of halogens is 2. The number of benzene rings is 2. The van der Waals surface area contributed by atoms with Crippen molar-refractivity contribution in [3.63, 3.8) is 0 Å². The van der Waals surface area contributed by atoms with Crippen LogP contribution in [-0.2, 0) is 9.59 Å². The number of nitrogens with one attached hydrogen (secondary N) is 2. The average molecular weight is 456 g/mol. The molecular weight excluding hydrogens is 440 g/mol. The lowest BCUT2D eigenvalue weighted by atomic mass is 10.1. The van der Waals surface area contributed by atoms with Crippen molar-refractivity contribution in [2.24, 2.45) is 0 Å². The lowest BCUT2D eigenvalue weighted by Crippen LogP contribution is -2.21. The van der Waals surface area contributed by atoms with E-state index < -0.39 is 0 Å². The standard InChI is InChI=1S/C17H16Br2N2O3/c1-10-14(20-11(2)22)4-3-5-15(10)21-17(23)9-24-16-7-6-12(18)8-13(16)19/h3-8H,9H2,1-2H3,(H,20,22)(H,21,23). The maximum Gasteiger partial charge on any atom is 0.262 e. The van der Waals surface area contributed by atoms with E-state index in [2.05, 4.69) is 42.5 Å². The maximum absolute atomic E-state index is 12.1. The zero-order chi connectivity index (χ0) is 17.7. The second kappa shape index (κ2) is 8.30. The van der Waals surface area contributed by atoms with E-state index in [4.69, 9.17) is 4.74 Å². The Morgan fingerprint density at radius 2 is 1.75 bits per heavy atom. The van der Waals surface area contributed by atoms with Crippen molar-refractivity contribution in [1.82, 2.24) is 0 Å². The van der Waals surface area contributed by atoms with Gasteiger partial charge in [0.05, 0.1) is 4.47 Å². The van der Waals surface area contributed by atoms with E-state index in [0.717, 1.165) is 14.5 Å². The van der Waals surface area contributed by atoms with E-state index in [0.29, 0.717) is 17.1 Å². The molecule has 24 heavy (non-hydrogen) atoms. The largest absolute Gasteiger partial charge is 0.483 e. The van der Waals surface area contributed by atoms with Crippen LogP contribution in [0.3, 0.4) is 0 Å². The summed E-state index contributed by atoms with van der Waals surface area (Å²) in [6, 6.07) is 10.8. The summed E-state index contributed by atoms with van der Waals surface area (Å²) in [6.45, 7) is 3.14. The Hall–Kier alpha value is -1.86. The van der Waals surface area contributed by atoms with Gasteiger partial charge in [0.25, 0.3) is 5.91 Å². The van der Waals surface area contributed by atoms with Crippen LogP contribution in [0.2, 0.25) is 0 Å². The highest BCUT2D eigenvalue weighted by Crippen LogP contribution is 2.28. The first kappa shape index (κ1) is 18.5. The Morgan fingerprint density at radius 1 is 1.08 bits per heavy atom. The first-order valence-electron chi connectivity index (χ1n) is 7.11. The summed E-state index contributed by atoms with van der Waals surface area (Å²) in [5.74, 6) is 0.134. The van der Waals surface area contributed by atoms with Gasteiger partial charge in [-0.15, -0.1) is 0 Å². The van der Waals surface area contributed by atoms with Crippen LogP contribution in [0.15, 0.2) is 45.3 Å².